The lowest BCUT2D eigenvalue weighted by atomic mass is 9.68. The Labute approximate surface area is 112 Å². The van der Waals surface area contributed by atoms with Crippen LogP contribution in [0, 0.1) is 11.3 Å². The minimum Gasteiger partial charge on any atom is -0.389 e. The fourth-order valence-electron chi connectivity index (χ4n) is 2.87. The molecule has 1 unspecified atom stereocenters. The Hall–Kier alpha value is -0.120. The molecule has 0 amide bonds. The highest BCUT2D eigenvalue weighted by Crippen LogP contribution is 2.41. The van der Waals surface area contributed by atoms with Gasteiger partial charge in [0, 0.05) is 19.7 Å². The summed E-state index contributed by atoms with van der Waals surface area (Å²) in [5.41, 5.74) is -0.137. The summed E-state index contributed by atoms with van der Waals surface area (Å²) in [4.78, 5) is 0. The third kappa shape index (κ3) is 4.87. The Morgan fingerprint density at radius 2 is 1.89 bits per heavy atom. The Balaban J connectivity index is 2.35. The van der Waals surface area contributed by atoms with Crippen molar-refractivity contribution >= 4 is 0 Å². The summed E-state index contributed by atoms with van der Waals surface area (Å²) in [7, 11) is 1.71. The van der Waals surface area contributed by atoms with Crippen molar-refractivity contribution in [2.24, 2.45) is 11.3 Å². The topological polar surface area (TPSA) is 41.5 Å². The zero-order valence-electron chi connectivity index (χ0n) is 12.8. The van der Waals surface area contributed by atoms with Crippen LogP contribution >= 0.6 is 0 Å². The number of hydrogen-bond donors (Lipinski definition) is 2. The fraction of sp³-hybridized carbons (Fsp3) is 1.00. The summed E-state index contributed by atoms with van der Waals surface area (Å²) in [6.45, 7) is 10.4. The molecule has 0 aromatic carbocycles. The van der Waals surface area contributed by atoms with Gasteiger partial charge in [-0.3, -0.25) is 0 Å². The van der Waals surface area contributed by atoms with E-state index >= 15 is 0 Å². The van der Waals surface area contributed by atoms with Crippen LogP contribution < -0.4 is 5.32 Å². The largest absolute Gasteiger partial charge is 0.389 e. The van der Waals surface area contributed by atoms with Crippen molar-refractivity contribution in [3.05, 3.63) is 0 Å². The van der Waals surface area contributed by atoms with Gasteiger partial charge in [0.2, 0.25) is 0 Å². The van der Waals surface area contributed by atoms with Crippen LogP contribution in [0.3, 0.4) is 0 Å². The van der Waals surface area contributed by atoms with Gasteiger partial charge in [-0.15, -0.1) is 0 Å². The maximum Gasteiger partial charge on any atom is 0.0771 e. The van der Waals surface area contributed by atoms with E-state index in [-0.39, 0.29) is 0 Å². The van der Waals surface area contributed by atoms with Gasteiger partial charge in [-0.25, -0.2) is 0 Å². The van der Waals surface area contributed by atoms with Crippen LogP contribution in [0.15, 0.2) is 0 Å². The SMILES string of the molecule is COCC(C)NCC1(O)CCC(C(C)(C)C)CC1. The molecular weight excluding hydrogens is 226 g/mol. The molecule has 0 heterocycles. The first-order valence-corrected chi connectivity index (χ1v) is 7.21. The Morgan fingerprint density at radius 3 is 2.33 bits per heavy atom. The lowest BCUT2D eigenvalue weighted by molar-refractivity contribution is -0.0265. The van der Waals surface area contributed by atoms with E-state index in [0.717, 1.165) is 31.6 Å². The van der Waals surface area contributed by atoms with Gasteiger partial charge in [-0.2, -0.15) is 0 Å². The van der Waals surface area contributed by atoms with Crippen molar-refractivity contribution in [3.63, 3.8) is 0 Å². The van der Waals surface area contributed by atoms with Crippen molar-refractivity contribution in [3.8, 4) is 0 Å². The van der Waals surface area contributed by atoms with Crippen LogP contribution in [0.1, 0.15) is 53.4 Å². The van der Waals surface area contributed by atoms with Gasteiger partial charge >= 0.3 is 0 Å². The Kier molecular flexibility index (Phi) is 5.63. The molecule has 0 saturated heterocycles. The molecule has 0 spiro atoms. The molecular formula is C15H31NO2. The highest BCUT2D eigenvalue weighted by Gasteiger charge is 2.37. The zero-order chi connectivity index (χ0) is 13.8. The van der Waals surface area contributed by atoms with Crippen molar-refractivity contribution in [2.75, 3.05) is 20.3 Å². The number of methoxy groups -OCH3 is 1. The average Bonchev–Trinajstić information content (AvgIpc) is 2.26. The smallest absolute Gasteiger partial charge is 0.0771 e. The van der Waals surface area contributed by atoms with E-state index in [2.05, 4.69) is 33.0 Å². The second-order valence-electron chi connectivity index (χ2n) is 7.10. The number of rotatable bonds is 5. The van der Waals surface area contributed by atoms with E-state index in [1.807, 2.05) is 0 Å². The van der Waals surface area contributed by atoms with Crippen molar-refractivity contribution < 1.29 is 9.84 Å². The van der Waals surface area contributed by atoms with Crippen LogP contribution in [-0.2, 0) is 4.74 Å². The maximum absolute atomic E-state index is 10.6. The zero-order valence-corrected chi connectivity index (χ0v) is 12.8. The summed E-state index contributed by atoms with van der Waals surface area (Å²) in [5.74, 6) is 0.745. The summed E-state index contributed by atoms with van der Waals surface area (Å²) < 4.78 is 5.09. The predicted octanol–water partition coefficient (Wildman–Crippen LogP) is 2.58. The second kappa shape index (κ2) is 6.36. The molecule has 1 fully saturated rings. The van der Waals surface area contributed by atoms with Crippen molar-refractivity contribution in [2.45, 2.75) is 65.0 Å². The monoisotopic (exact) mass is 257 g/mol. The third-order valence-corrected chi connectivity index (χ3v) is 4.34. The molecule has 1 aliphatic rings. The van der Waals surface area contributed by atoms with E-state index < -0.39 is 5.60 Å². The van der Waals surface area contributed by atoms with Gasteiger partial charge in [-0.05, 0) is 43.9 Å². The molecule has 0 radical (unpaired) electrons. The average molecular weight is 257 g/mol. The molecule has 0 aromatic heterocycles. The summed E-state index contributed by atoms with van der Waals surface area (Å²) in [5, 5.41) is 13.9. The highest BCUT2D eigenvalue weighted by atomic mass is 16.5. The maximum atomic E-state index is 10.6. The molecule has 108 valence electrons. The summed E-state index contributed by atoms with van der Waals surface area (Å²) in [6, 6.07) is 0.305. The van der Waals surface area contributed by atoms with E-state index in [1.54, 1.807) is 7.11 Å². The standard InChI is InChI=1S/C15H31NO2/c1-12(10-18-5)16-11-15(17)8-6-13(7-9-15)14(2,3)4/h12-13,16-17H,6-11H2,1-5H3. The normalized spacial score (nSPS) is 31.3. The molecule has 2 N–H and O–H groups in total. The molecule has 0 bridgehead atoms. The van der Waals surface area contributed by atoms with Gasteiger partial charge in [0.05, 0.1) is 12.2 Å². The first-order valence-electron chi connectivity index (χ1n) is 7.21. The van der Waals surface area contributed by atoms with E-state index in [0.29, 0.717) is 24.6 Å². The molecule has 0 aliphatic heterocycles. The molecule has 1 rings (SSSR count). The first-order chi connectivity index (χ1) is 8.27. The van der Waals surface area contributed by atoms with Crippen molar-refractivity contribution in [1.82, 2.24) is 5.32 Å². The molecule has 1 atom stereocenters. The van der Waals surface area contributed by atoms with Crippen LogP contribution in [-0.4, -0.2) is 37.0 Å². The Morgan fingerprint density at radius 1 is 1.33 bits per heavy atom. The molecule has 18 heavy (non-hydrogen) atoms. The minimum absolute atomic E-state index is 0.305. The molecule has 1 saturated carbocycles. The first kappa shape index (κ1) is 15.9. The number of aliphatic hydroxyl groups is 1. The van der Waals surface area contributed by atoms with Gasteiger partial charge in [0.1, 0.15) is 0 Å². The lowest BCUT2D eigenvalue weighted by Crippen LogP contribution is -2.47. The molecule has 0 aromatic rings. The van der Waals surface area contributed by atoms with Gasteiger partial charge in [0.15, 0.2) is 0 Å². The van der Waals surface area contributed by atoms with Crippen molar-refractivity contribution in [1.29, 1.82) is 0 Å². The van der Waals surface area contributed by atoms with Gasteiger partial charge < -0.3 is 15.2 Å². The van der Waals surface area contributed by atoms with E-state index in [4.69, 9.17) is 4.74 Å². The van der Waals surface area contributed by atoms with Crippen LogP contribution in [0.4, 0.5) is 0 Å². The van der Waals surface area contributed by atoms with Gasteiger partial charge in [0.25, 0.3) is 0 Å². The molecule has 3 heteroatoms. The fourth-order valence-corrected chi connectivity index (χ4v) is 2.87. The van der Waals surface area contributed by atoms with Crippen LogP contribution in [0.25, 0.3) is 0 Å². The summed E-state index contributed by atoms with van der Waals surface area (Å²) >= 11 is 0. The van der Waals surface area contributed by atoms with Gasteiger partial charge in [-0.1, -0.05) is 20.8 Å². The highest BCUT2D eigenvalue weighted by molar-refractivity contribution is 4.91. The van der Waals surface area contributed by atoms with Crippen LogP contribution in [0.2, 0.25) is 0 Å². The second-order valence-corrected chi connectivity index (χ2v) is 7.10. The number of nitrogens with one attached hydrogen (secondary N) is 1. The third-order valence-electron chi connectivity index (χ3n) is 4.34. The van der Waals surface area contributed by atoms with E-state index in [1.165, 1.54) is 0 Å². The molecule has 1 aliphatic carbocycles. The molecule has 3 nitrogen and oxygen atoms in total. The van der Waals surface area contributed by atoms with E-state index in [9.17, 15) is 5.11 Å². The van der Waals surface area contributed by atoms with Crippen LogP contribution in [0.5, 0.6) is 0 Å². The Bertz CT molecular complexity index is 239. The lowest BCUT2D eigenvalue weighted by Gasteiger charge is -2.41. The number of hydrogen-bond acceptors (Lipinski definition) is 3. The summed E-state index contributed by atoms with van der Waals surface area (Å²) in [6.07, 6.45) is 4.12. The number of ether oxygens (including phenoxy) is 1. The quantitative estimate of drug-likeness (QED) is 0.795. The minimum atomic E-state index is -0.510. The predicted molar refractivity (Wildman–Crippen MR) is 75.7 cm³/mol.